The van der Waals surface area contributed by atoms with E-state index in [2.05, 4.69) is 32.7 Å². The number of fused-ring (bicyclic) bond motifs is 1. The van der Waals surface area contributed by atoms with E-state index in [1.165, 1.54) is 0 Å². The van der Waals surface area contributed by atoms with Crippen molar-refractivity contribution in [2.45, 2.75) is 33.7 Å². The second-order valence-corrected chi connectivity index (χ2v) is 5.92. The number of aliphatic imine (C=N–C) groups is 1. The van der Waals surface area contributed by atoms with Crippen LogP contribution in [0.5, 0.6) is 0 Å². The zero-order valence-corrected chi connectivity index (χ0v) is 18.7. The van der Waals surface area contributed by atoms with E-state index in [0.29, 0.717) is 25.5 Å². The van der Waals surface area contributed by atoms with Gasteiger partial charge in [-0.05, 0) is 32.2 Å². The van der Waals surface area contributed by atoms with E-state index in [-0.39, 0.29) is 29.9 Å². The molecule has 0 aliphatic heterocycles. The van der Waals surface area contributed by atoms with Crippen molar-refractivity contribution in [1.82, 2.24) is 20.5 Å². The third-order valence-electron chi connectivity index (χ3n) is 4.23. The molecule has 0 unspecified atom stereocenters. The van der Waals surface area contributed by atoms with Gasteiger partial charge in [0.1, 0.15) is 0 Å². The van der Waals surface area contributed by atoms with Crippen LogP contribution in [0.2, 0.25) is 0 Å². The predicted octanol–water partition coefficient (Wildman–Crippen LogP) is 3.17. The molecule has 0 atom stereocenters. The van der Waals surface area contributed by atoms with Crippen molar-refractivity contribution in [3.05, 3.63) is 42.2 Å². The maximum absolute atomic E-state index is 12.1. The standard InChI is InChI=1S/C20H29N5O.HI/c1-4-21-20(23-14-12-19(26)25(5-2)6-3)24-15-18-17-10-8-7-9-16(17)11-13-22-18;/h7-11,13H,4-6,12,14-15H2,1-3H3,(H2,21,23,24);1H. The molecule has 0 saturated carbocycles. The molecule has 0 saturated heterocycles. The maximum atomic E-state index is 12.1. The molecule has 0 fully saturated rings. The van der Waals surface area contributed by atoms with Crippen LogP contribution in [-0.2, 0) is 11.3 Å². The molecular formula is C20H30IN5O. The molecule has 0 bridgehead atoms. The summed E-state index contributed by atoms with van der Waals surface area (Å²) in [5.74, 6) is 0.864. The molecule has 6 nitrogen and oxygen atoms in total. The Bertz CT molecular complexity index is 741. The highest BCUT2D eigenvalue weighted by molar-refractivity contribution is 14.0. The van der Waals surface area contributed by atoms with Crippen molar-refractivity contribution in [2.24, 2.45) is 4.99 Å². The largest absolute Gasteiger partial charge is 0.357 e. The van der Waals surface area contributed by atoms with Gasteiger partial charge < -0.3 is 15.5 Å². The SMILES string of the molecule is CCNC(=NCc1nccc2ccccc12)NCCC(=O)N(CC)CC.I. The zero-order valence-electron chi connectivity index (χ0n) is 16.4. The Morgan fingerprint density at radius 1 is 1.11 bits per heavy atom. The van der Waals surface area contributed by atoms with Crippen molar-refractivity contribution in [1.29, 1.82) is 0 Å². The number of rotatable bonds is 8. The Morgan fingerprint density at radius 3 is 2.56 bits per heavy atom. The Kier molecular flexibility index (Phi) is 10.7. The van der Waals surface area contributed by atoms with E-state index in [0.717, 1.165) is 36.1 Å². The van der Waals surface area contributed by atoms with Crippen molar-refractivity contribution in [2.75, 3.05) is 26.2 Å². The van der Waals surface area contributed by atoms with Gasteiger partial charge in [-0.15, -0.1) is 24.0 Å². The highest BCUT2D eigenvalue weighted by atomic mass is 127. The second kappa shape index (κ2) is 12.5. The van der Waals surface area contributed by atoms with Gasteiger partial charge in [0.2, 0.25) is 5.91 Å². The summed E-state index contributed by atoms with van der Waals surface area (Å²) in [7, 11) is 0. The number of carbonyl (C=O) groups excluding carboxylic acids is 1. The fraction of sp³-hybridized carbons (Fsp3) is 0.450. The maximum Gasteiger partial charge on any atom is 0.224 e. The lowest BCUT2D eigenvalue weighted by molar-refractivity contribution is -0.130. The number of carbonyl (C=O) groups is 1. The topological polar surface area (TPSA) is 69.6 Å². The molecule has 27 heavy (non-hydrogen) atoms. The van der Waals surface area contributed by atoms with Crippen LogP contribution in [0.3, 0.4) is 0 Å². The minimum Gasteiger partial charge on any atom is -0.357 e. The van der Waals surface area contributed by atoms with Gasteiger partial charge >= 0.3 is 0 Å². The highest BCUT2D eigenvalue weighted by Gasteiger charge is 2.09. The summed E-state index contributed by atoms with van der Waals surface area (Å²) in [5.41, 5.74) is 0.944. The van der Waals surface area contributed by atoms with Gasteiger partial charge in [-0.2, -0.15) is 0 Å². The molecule has 2 aromatic rings. The van der Waals surface area contributed by atoms with Gasteiger partial charge in [0.15, 0.2) is 5.96 Å². The first-order chi connectivity index (χ1) is 12.7. The van der Waals surface area contributed by atoms with Crippen molar-refractivity contribution in [3.8, 4) is 0 Å². The van der Waals surface area contributed by atoms with Gasteiger partial charge in [0.25, 0.3) is 0 Å². The lowest BCUT2D eigenvalue weighted by Gasteiger charge is -2.19. The number of halogens is 1. The van der Waals surface area contributed by atoms with Crippen LogP contribution in [0.1, 0.15) is 32.9 Å². The molecule has 7 heteroatoms. The summed E-state index contributed by atoms with van der Waals surface area (Å²) in [4.78, 5) is 23.0. The summed E-state index contributed by atoms with van der Waals surface area (Å²) in [6.45, 7) is 9.32. The zero-order chi connectivity index (χ0) is 18.8. The highest BCUT2D eigenvalue weighted by Crippen LogP contribution is 2.16. The number of nitrogens with one attached hydrogen (secondary N) is 2. The first-order valence-electron chi connectivity index (χ1n) is 9.32. The summed E-state index contributed by atoms with van der Waals surface area (Å²) in [5, 5.41) is 8.73. The average Bonchev–Trinajstić information content (AvgIpc) is 2.67. The monoisotopic (exact) mass is 483 g/mol. The van der Waals surface area contributed by atoms with Crippen LogP contribution in [-0.4, -0.2) is 47.9 Å². The molecule has 0 aliphatic carbocycles. The Hall–Kier alpha value is -1.90. The van der Waals surface area contributed by atoms with Gasteiger partial charge in [0.05, 0.1) is 12.2 Å². The van der Waals surface area contributed by atoms with Gasteiger partial charge in [0, 0.05) is 44.2 Å². The van der Waals surface area contributed by atoms with Crippen molar-refractivity contribution >= 4 is 46.6 Å². The molecule has 2 N–H and O–H groups in total. The van der Waals surface area contributed by atoms with Crippen LogP contribution in [0, 0.1) is 0 Å². The molecule has 1 aromatic carbocycles. The van der Waals surface area contributed by atoms with E-state index >= 15 is 0 Å². The van der Waals surface area contributed by atoms with E-state index in [1.54, 1.807) is 0 Å². The number of guanidine groups is 1. The number of aromatic nitrogens is 1. The van der Waals surface area contributed by atoms with Crippen molar-refractivity contribution < 1.29 is 4.79 Å². The van der Waals surface area contributed by atoms with Crippen LogP contribution < -0.4 is 10.6 Å². The smallest absolute Gasteiger partial charge is 0.224 e. The van der Waals surface area contributed by atoms with Crippen LogP contribution in [0.4, 0.5) is 0 Å². The lowest BCUT2D eigenvalue weighted by atomic mass is 10.1. The molecule has 2 rings (SSSR count). The van der Waals surface area contributed by atoms with E-state index in [1.807, 2.05) is 50.1 Å². The predicted molar refractivity (Wildman–Crippen MR) is 123 cm³/mol. The van der Waals surface area contributed by atoms with E-state index in [4.69, 9.17) is 0 Å². The molecular weight excluding hydrogens is 453 g/mol. The number of hydrogen-bond acceptors (Lipinski definition) is 3. The van der Waals surface area contributed by atoms with Gasteiger partial charge in [-0.3, -0.25) is 9.78 Å². The third kappa shape index (κ3) is 6.97. The molecule has 0 radical (unpaired) electrons. The minimum atomic E-state index is 0. The van der Waals surface area contributed by atoms with E-state index < -0.39 is 0 Å². The molecule has 1 aromatic heterocycles. The Labute approximate surface area is 178 Å². The van der Waals surface area contributed by atoms with Crippen LogP contribution in [0.15, 0.2) is 41.5 Å². The molecule has 1 amide bonds. The fourth-order valence-corrected chi connectivity index (χ4v) is 2.83. The molecule has 1 heterocycles. The van der Waals surface area contributed by atoms with Crippen LogP contribution in [0.25, 0.3) is 10.8 Å². The number of benzene rings is 1. The summed E-state index contributed by atoms with van der Waals surface area (Å²) in [6.07, 6.45) is 2.27. The number of amides is 1. The van der Waals surface area contributed by atoms with E-state index in [9.17, 15) is 4.79 Å². The van der Waals surface area contributed by atoms with Gasteiger partial charge in [-0.25, -0.2) is 4.99 Å². The lowest BCUT2D eigenvalue weighted by Crippen LogP contribution is -2.40. The molecule has 0 spiro atoms. The first kappa shape index (κ1) is 23.1. The quantitative estimate of drug-likeness (QED) is 0.344. The average molecular weight is 483 g/mol. The normalized spacial score (nSPS) is 11.0. The Morgan fingerprint density at radius 2 is 1.85 bits per heavy atom. The number of hydrogen-bond donors (Lipinski definition) is 2. The molecule has 0 aliphatic rings. The van der Waals surface area contributed by atoms with Gasteiger partial charge in [-0.1, -0.05) is 24.3 Å². The van der Waals surface area contributed by atoms with Crippen molar-refractivity contribution in [3.63, 3.8) is 0 Å². The first-order valence-corrected chi connectivity index (χ1v) is 9.32. The fourth-order valence-electron chi connectivity index (χ4n) is 2.83. The summed E-state index contributed by atoms with van der Waals surface area (Å²) < 4.78 is 0. The number of nitrogens with zero attached hydrogens (tertiary/aromatic N) is 3. The summed E-state index contributed by atoms with van der Waals surface area (Å²) in [6, 6.07) is 10.2. The summed E-state index contributed by atoms with van der Waals surface area (Å²) >= 11 is 0. The second-order valence-electron chi connectivity index (χ2n) is 5.92. The molecule has 148 valence electrons. The van der Waals surface area contributed by atoms with Crippen LogP contribution >= 0.6 is 24.0 Å². The third-order valence-corrected chi connectivity index (χ3v) is 4.23. The Balaban J connectivity index is 0.00000364. The number of pyridine rings is 1. The minimum absolute atomic E-state index is 0.